The number of piperazine rings is 1. The molecule has 0 aliphatic carbocycles. The van der Waals surface area contributed by atoms with Gasteiger partial charge in [0, 0.05) is 32.2 Å². The third kappa shape index (κ3) is 4.48. The van der Waals surface area contributed by atoms with Crippen molar-refractivity contribution in [1.82, 2.24) is 30.0 Å². The summed E-state index contributed by atoms with van der Waals surface area (Å²) in [5, 5.41) is 11.8. The Kier molecular flexibility index (Phi) is 6.08. The minimum Gasteiger partial charge on any atom is -0.497 e. The van der Waals surface area contributed by atoms with Crippen molar-refractivity contribution in [2.75, 3.05) is 40.4 Å². The van der Waals surface area contributed by atoms with Crippen LogP contribution in [0.15, 0.2) is 42.5 Å². The predicted octanol–water partition coefficient (Wildman–Crippen LogP) is 1.78. The highest BCUT2D eigenvalue weighted by molar-refractivity contribution is 5.97. The summed E-state index contributed by atoms with van der Waals surface area (Å²) in [6, 6.07) is 11.3. The fourth-order valence-corrected chi connectivity index (χ4v) is 3.57. The van der Waals surface area contributed by atoms with Crippen LogP contribution in [-0.4, -0.2) is 76.3 Å². The van der Waals surface area contributed by atoms with Crippen LogP contribution >= 0.6 is 0 Å². The van der Waals surface area contributed by atoms with Crippen molar-refractivity contribution < 1.29 is 18.7 Å². The van der Waals surface area contributed by atoms with E-state index < -0.39 is 0 Å². The summed E-state index contributed by atoms with van der Waals surface area (Å²) in [7, 11) is 3.10. The summed E-state index contributed by atoms with van der Waals surface area (Å²) < 4.78 is 25.7. The number of benzene rings is 2. The smallest absolute Gasteiger partial charge is 0.257 e. The van der Waals surface area contributed by atoms with Crippen molar-refractivity contribution in [3.8, 4) is 17.2 Å². The number of carbonyl (C=O) groups is 1. The lowest BCUT2D eigenvalue weighted by atomic mass is 10.1. The summed E-state index contributed by atoms with van der Waals surface area (Å²) in [5.41, 5.74) is 1.08. The number of aromatic nitrogens is 4. The first-order valence-corrected chi connectivity index (χ1v) is 9.86. The Labute approximate surface area is 179 Å². The van der Waals surface area contributed by atoms with Crippen LogP contribution in [0.5, 0.6) is 11.5 Å². The summed E-state index contributed by atoms with van der Waals surface area (Å²) in [6.45, 7) is 2.96. The Balaban J connectivity index is 1.40. The molecule has 31 heavy (non-hydrogen) atoms. The molecule has 3 aromatic rings. The molecule has 0 spiro atoms. The molecule has 0 N–H and O–H groups in total. The molecule has 162 valence electrons. The van der Waals surface area contributed by atoms with Crippen LogP contribution in [-0.2, 0) is 6.54 Å². The number of halogens is 1. The third-order valence-corrected chi connectivity index (χ3v) is 5.25. The SMILES string of the molecule is COc1ccc(C(=O)N2CCN(Cc3nnnn3-c3cccc(F)c3)CC2)c(OC)c1. The van der Waals surface area contributed by atoms with E-state index in [-0.39, 0.29) is 11.7 Å². The topological polar surface area (TPSA) is 85.6 Å². The number of carbonyl (C=O) groups excluding carboxylic acids is 1. The number of rotatable bonds is 6. The first-order chi connectivity index (χ1) is 15.1. The standard InChI is InChI=1S/C21H23FN6O3/c1-30-17-6-7-18(19(13-17)31-2)21(29)27-10-8-26(9-11-27)14-20-23-24-25-28(20)16-5-3-4-15(22)12-16/h3-7,12-13H,8-11,14H2,1-2H3. The fraction of sp³-hybridized carbons (Fsp3) is 0.333. The van der Waals surface area contributed by atoms with Gasteiger partial charge in [0.15, 0.2) is 5.82 Å². The van der Waals surface area contributed by atoms with E-state index in [0.717, 1.165) is 0 Å². The minimum atomic E-state index is -0.347. The Morgan fingerprint density at radius 3 is 2.58 bits per heavy atom. The van der Waals surface area contributed by atoms with Crippen molar-refractivity contribution in [3.05, 3.63) is 59.7 Å². The highest BCUT2D eigenvalue weighted by atomic mass is 19.1. The van der Waals surface area contributed by atoms with Crippen LogP contribution in [0.2, 0.25) is 0 Å². The van der Waals surface area contributed by atoms with E-state index in [9.17, 15) is 9.18 Å². The van der Waals surface area contributed by atoms with Crippen molar-refractivity contribution >= 4 is 5.91 Å². The first kappa shape index (κ1) is 20.7. The summed E-state index contributed by atoms with van der Waals surface area (Å²) in [6.07, 6.45) is 0. The van der Waals surface area contributed by atoms with Gasteiger partial charge in [-0.15, -0.1) is 5.10 Å². The van der Waals surface area contributed by atoms with Crippen molar-refractivity contribution in [2.45, 2.75) is 6.54 Å². The largest absolute Gasteiger partial charge is 0.497 e. The highest BCUT2D eigenvalue weighted by Crippen LogP contribution is 2.26. The molecule has 0 radical (unpaired) electrons. The van der Waals surface area contributed by atoms with Gasteiger partial charge in [0.2, 0.25) is 0 Å². The van der Waals surface area contributed by atoms with Gasteiger partial charge in [-0.25, -0.2) is 4.39 Å². The van der Waals surface area contributed by atoms with E-state index in [4.69, 9.17) is 9.47 Å². The summed E-state index contributed by atoms with van der Waals surface area (Å²) >= 11 is 0. The molecule has 10 heteroatoms. The van der Waals surface area contributed by atoms with Crippen LogP contribution < -0.4 is 9.47 Å². The number of tetrazole rings is 1. The molecule has 2 aromatic carbocycles. The van der Waals surface area contributed by atoms with Crippen LogP contribution in [0.4, 0.5) is 4.39 Å². The van der Waals surface area contributed by atoms with E-state index in [1.807, 2.05) is 0 Å². The van der Waals surface area contributed by atoms with Crippen LogP contribution in [0.1, 0.15) is 16.2 Å². The van der Waals surface area contributed by atoms with Crippen LogP contribution in [0.25, 0.3) is 5.69 Å². The van der Waals surface area contributed by atoms with E-state index in [2.05, 4.69) is 20.4 Å². The number of ether oxygens (including phenoxy) is 2. The molecule has 2 heterocycles. The van der Waals surface area contributed by atoms with Gasteiger partial charge in [0.1, 0.15) is 17.3 Å². The molecule has 1 aliphatic heterocycles. The Morgan fingerprint density at radius 2 is 1.87 bits per heavy atom. The predicted molar refractivity (Wildman–Crippen MR) is 110 cm³/mol. The van der Waals surface area contributed by atoms with Gasteiger partial charge in [-0.05, 0) is 40.8 Å². The van der Waals surface area contributed by atoms with Crippen LogP contribution in [0, 0.1) is 5.82 Å². The van der Waals surface area contributed by atoms with E-state index in [1.165, 1.54) is 23.9 Å². The zero-order chi connectivity index (χ0) is 21.8. The molecular weight excluding hydrogens is 403 g/mol. The Hall–Kier alpha value is -3.53. The lowest BCUT2D eigenvalue weighted by Gasteiger charge is -2.34. The fourth-order valence-electron chi connectivity index (χ4n) is 3.57. The zero-order valence-electron chi connectivity index (χ0n) is 17.4. The first-order valence-electron chi connectivity index (χ1n) is 9.86. The number of amides is 1. The van der Waals surface area contributed by atoms with Gasteiger partial charge < -0.3 is 14.4 Å². The van der Waals surface area contributed by atoms with E-state index in [1.54, 1.807) is 42.3 Å². The average Bonchev–Trinajstić information content (AvgIpc) is 3.26. The molecule has 1 saturated heterocycles. The number of hydrogen-bond acceptors (Lipinski definition) is 7. The van der Waals surface area contributed by atoms with Gasteiger partial charge >= 0.3 is 0 Å². The maximum absolute atomic E-state index is 13.6. The second-order valence-electron chi connectivity index (χ2n) is 7.12. The van der Waals surface area contributed by atoms with Gasteiger partial charge in [-0.2, -0.15) is 4.68 Å². The van der Waals surface area contributed by atoms with Crippen LogP contribution in [0.3, 0.4) is 0 Å². The van der Waals surface area contributed by atoms with E-state index >= 15 is 0 Å². The Morgan fingerprint density at radius 1 is 1.06 bits per heavy atom. The minimum absolute atomic E-state index is 0.0799. The molecule has 0 atom stereocenters. The number of methoxy groups -OCH3 is 2. The van der Waals surface area contributed by atoms with Crippen molar-refractivity contribution in [2.24, 2.45) is 0 Å². The lowest BCUT2D eigenvalue weighted by Crippen LogP contribution is -2.48. The second kappa shape index (κ2) is 9.09. The molecule has 0 bridgehead atoms. The monoisotopic (exact) mass is 426 g/mol. The molecule has 1 fully saturated rings. The molecule has 1 amide bonds. The summed E-state index contributed by atoms with van der Waals surface area (Å²) in [4.78, 5) is 17.0. The van der Waals surface area contributed by atoms with Gasteiger partial charge in [-0.1, -0.05) is 6.07 Å². The Bertz CT molecular complexity index is 1060. The number of nitrogens with zero attached hydrogens (tertiary/aromatic N) is 6. The second-order valence-corrected chi connectivity index (χ2v) is 7.12. The quantitative estimate of drug-likeness (QED) is 0.594. The molecular formula is C21H23FN6O3. The van der Waals surface area contributed by atoms with Crippen molar-refractivity contribution in [3.63, 3.8) is 0 Å². The number of hydrogen-bond donors (Lipinski definition) is 0. The maximum Gasteiger partial charge on any atom is 0.257 e. The highest BCUT2D eigenvalue weighted by Gasteiger charge is 2.25. The molecule has 1 aromatic heterocycles. The van der Waals surface area contributed by atoms with Gasteiger partial charge in [0.05, 0.1) is 32.0 Å². The molecule has 9 nitrogen and oxygen atoms in total. The normalized spacial score (nSPS) is 14.5. The van der Waals surface area contributed by atoms with Gasteiger partial charge in [0.25, 0.3) is 5.91 Å². The van der Waals surface area contributed by atoms with Crippen molar-refractivity contribution in [1.29, 1.82) is 0 Å². The lowest BCUT2D eigenvalue weighted by molar-refractivity contribution is 0.0621. The molecule has 4 rings (SSSR count). The van der Waals surface area contributed by atoms with Gasteiger partial charge in [-0.3, -0.25) is 9.69 Å². The maximum atomic E-state index is 13.6. The molecule has 0 unspecified atom stereocenters. The average molecular weight is 426 g/mol. The molecule has 0 saturated carbocycles. The zero-order valence-corrected chi connectivity index (χ0v) is 17.4. The molecule has 1 aliphatic rings. The summed E-state index contributed by atoms with van der Waals surface area (Å²) in [5.74, 6) is 1.31. The third-order valence-electron chi connectivity index (χ3n) is 5.25. The van der Waals surface area contributed by atoms with E-state index in [0.29, 0.717) is 61.3 Å².